The van der Waals surface area contributed by atoms with E-state index >= 15 is 0 Å². The maximum absolute atomic E-state index is 11.5. The molecule has 0 aromatic carbocycles. The molecule has 0 aliphatic heterocycles. The molecule has 6 nitrogen and oxygen atoms in total. The second-order valence-electron chi connectivity index (χ2n) is 3.55. The van der Waals surface area contributed by atoms with Crippen LogP contribution >= 0.6 is 0 Å². The van der Waals surface area contributed by atoms with Crippen LogP contribution in [0.1, 0.15) is 13.8 Å². The molecule has 0 bridgehead atoms. The van der Waals surface area contributed by atoms with Gasteiger partial charge in [0.05, 0.1) is 12.8 Å². The predicted molar refractivity (Wildman–Crippen MR) is 62.7 cm³/mol. The molecule has 0 amide bonds. The maximum Gasteiger partial charge on any atom is 0.328 e. The zero-order valence-electron chi connectivity index (χ0n) is 9.75. The van der Waals surface area contributed by atoms with Crippen molar-refractivity contribution in [2.24, 2.45) is 0 Å². The van der Waals surface area contributed by atoms with E-state index < -0.39 is 6.04 Å². The quantitative estimate of drug-likeness (QED) is 0.802. The second kappa shape index (κ2) is 4.82. The fraction of sp³-hybridized carbons (Fsp3) is 0.364. The minimum absolute atomic E-state index is 0.296. The van der Waals surface area contributed by atoms with Gasteiger partial charge in [0.1, 0.15) is 11.6 Å². The van der Waals surface area contributed by atoms with Gasteiger partial charge < -0.3 is 10.1 Å². The zero-order chi connectivity index (χ0) is 12.3. The van der Waals surface area contributed by atoms with E-state index in [0.717, 1.165) is 5.52 Å². The summed E-state index contributed by atoms with van der Waals surface area (Å²) in [5.41, 5.74) is 0.823. The van der Waals surface area contributed by atoms with Gasteiger partial charge in [-0.05, 0) is 19.9 Å². The van der Waals surface area contributed by atoms with Crippen LogP contribution in [0.25, 0.3) is 5.52 Å². The fourth-order valence-corrected chi connectivity index (χ4v) is 1.50. The van der Waals surface area contributed by atoms with Crippen molar-refractivity contribution in [2.75, 3.05) is 11.9 Å². The highest BCUT2D eigenvalue weighted by Crippen LogP contribution is 2.13. The first-order valence-corrected chi connectivity index (χ1v) is 5.44. The van der Waals surface area contributed by atoms with E-state index in [1.54, 1.807) is 37.0 Å². The van der Waals surface area contributed by atoms with Gasteiger partial charge >= 0.3 is 5.97 Å². The molecule has 0 saturated heterocycles. The molecule has 1 N–H and O–H groups in total. The van der Waals surface area contributed by atoms with Crippen LogP contribution in [0.5, 0.6) is 0 Å². The van der Waals surface area contributed by atoms with Crippen molar-refractivity contribution in [3.05, 3.63) is 24.7 Å². The normalized spacial score (nSPS) is 12.4. The van der Waals surface area contributed by atoms with E-state index in [0.29, 0.717) is 12.4 Å². The molecule has 0 aliphatic rings. The number of fused-ring (bicyclic) bond motifs is 1. The first kappa shape index (κ1) is 11.4. The molecule has 0 saturated carbocycles. The summed E-state index contributed by atoms with van der Waals surface area (Å²) in [5.74, 6) is 0.321. The van der Waals surface area contributed by atoms with Crippen molar-refractivity contribution >= 4 is 17.3 Å². The Morgan fingerprint density at radius 1 is 1.59 bits per heavy atom. The van der Waals surface area contributed by atoms with Crippen LogP contribution in [-0.2, 0) is 9.53 Å². The summed E-state index contributed by atoms with van der Waals surface area (Å²) in [5, 5.41) is 7.10. The lowest BCUT2D eigenvalue weighted by atomic mass is 10.3. The Bertz CT molecular complexity index is 523. The van der Waals surface area contributed by atoms with Gasteiger partial charge in [-0.1, -0.05) is 0 Å². The fourth-order valence-electron chi connectivity index (χ4n) is 1.50. The number of nitrogens with one attached hydrogen (secondary N) is 1. The minimum Gasteiger partial charge on any atom is -0.464 e. The third kappa shape index (κ3) is 2.35. The first-order valence-electron chi connectivity index (χ1n) is 5.44. The topological polar surface area (TPSA) is 68.5 Å². The molecule has 2 aromatic heterocycles. The van der Waals surface area contributed by atoms with Crippen molar-refractivity contribution in [1.82, 2.24) is 14.6 Å². The van der Waals surface area contributed by atoms with Crippen LogP contribution in [0.2, 0.25) is 0 Å². The van der Waals surface area contributed by atoms with E-state index in [4.69, 9.17) is 4.74 Å². The lowest BCUT2D eigenvalue weighted by Gasteiger charge is -2.13. The van der Waals surface area contributed by atoms with Crippen LogP contribution in [0, 0.1) is 0 Å². The lowest BCUT2D eigenvalue weighted by molar-refractivity contribution is -0.143. The van der Waals surface area contributed by atoms with E-state index in [1.807, 2.05) is 6.07 Å². The predicted octanol–water partition coefficient (Wildman–Crippen LogP) is 1.09. The van der Waals surface area contributed by atoms with E-state index in [2.05, 4.69) is 15.4 Å². The standard InChI is InChI=1S/C11H14N4O2/c1-3-17-11(16)8(2)14-10-9-4-5-13-15(9)7-6-12-10/h4-8H,3H2,1-2H3,(H,12,14). The number of ether oxygens (including phenoxy) is 1. The van der Waals surface area contributed by atoms with Crippen molar-refractivity contribution in [1.29, 1.82) is 0 Å². The van der Waals surface area contributed by atoms with Crippen LogP contribution in [0.4, 0.5) is 5.82 Å². The van der Waals surface area contributed by atoms with Crippen molar-refractivity contribution < 1.29 is 9.53 Å². The van der Waals surface area contributed by atoms with Gasteiger partial charge in [0, 0.05) is 12.4 Å². The van der Waals surface area contributed by atoms with Crippen LogP contribution < -0.4 is 5.32 Å². The minimum atomic E-state index is -0.441. The Kier molecular flexibility index (Phi) is 3.22. The van der Waals surface area contributed by atoms with Gasteiger partial charge in [0.15, 0.2) is 5.82 Å². The molecule has 0 spiro atoms. The van der Waals surface area contributed by atoms with Crippen molar-refractivity contribution in [3.63, 3.8) is 0 Å². The molecule has 2 rings (SSSR count). The highest BCUT2D eigenvalue weighted by molar-refractivity contribution is 5.80. The second-order valence-corrected chi connectivity index (χ2v) is 3.55. The number of rotatable bonds is 4. The number of carbonyl (C=O) groups is 1. The van der Waals surface area contributed by atoms with Crippen LogP contribution in [-0.4, -0.2) is 33.2 Å². The highest BCUT2D eigenvalue weighted by Gasteiger charge is 2.15. The summed E-state index contributed by atoms with van der Waals surface area (Å²) >= 11 is 0. The Morgan fingerprint density at radius 3 is 3.18 bits per heavy atom. The summed E-state index contributed by atoms with van der Waals surface area (Å²) < 4.78 is 6.61. The van der Waals surface area contributed by atoms with Crippen LogP contribution in [0.3, 0.4) is 0 Å². The first-order chi connectivity index (χ1) is 8.22. The summed E-state index contributed by atoms with van der Waals surface area (Å²) in [6.07, 6.45) is 5.05. The molecule has 1 unspecified atom stereocenters. The summed E-state index contributed by atoms with van der Waals surface area (Å²) in [4.78, 5) is 15.7. The van der Waals surface area contributed by atoms with Gasteiger partial charge in [0.2, 0.25) is 0 Å². The van der Waals surface area contributed by atoms with E-state index in [-0.39, 0.29) is 5.97 Å². The average molecular weight is 234 g/mol. The van der Waals surface area contributed by atoms with Crippen molar-refractivity contribution in [3.8, 4) is 0 Å². The Labute approximate surface area is 98.6 Å². The highest BCUT2D eigenvalue weighted by atomic mass is 16.5. The maximum atomic E-state index is 11.5. The molecule has 0 fully saturated rings. The number of nitrogens with zero attached hydrogens (tertiary/aromatic N) is 3. The van der Waals surface area contributed by atoms with Crippen molar-refractivity contribution in [2.45, 2.75) is 19.9 Å². The third-order valence-corrected chi connectivity index (χ3v) is 2.32. The van der Waals surface area contributed by atoms with Gasteiger partial charge in [-0.3, -0.25) is 0 Å². The molecule has 2 aromatic rings. The number of hydrogen-bond donors (Lipinski definition) is 1. The smallest absolute Gasteiger partial charge is 0.328 e. The largest absolute Gasteiger partial charge is 0.464 e. The number of carbonyl (C=O) groups excluding carboxylic acids is 1. The monoisotopic (exact) mass is 234 g/mol. The number of hydrogen-bond acceptors (Lipinski definition) is 5. The molecule has 0 aliphatic carbocycles. The molecular formula is C11H14N4O2. The number of anilines is 1. The third-order valence-electron chi connectivity index (χ3n) is 2.32. The zero-order valence-corrected chi connectivity index (χ0v) is 9.75. The summed E-state index contributed by atoms with van der Waals surface area (Å²) in [6.45, 7) is 3.88. The van der Waals surface area contributed by atoms with Crippen LogP contribution in [0.15, 0.2) is 24.7 Å². The molecule has 0 radical (unpaired) electrons. The van der Waals surface area contributed by atoms with E-state index in [9.17, 15) is 4.79 Å². The van der Waals surface area contributed by atoms with E-state index in [1.165, 1.54) is 0 Å². The summed E-state index contributed by atoms with van der Waals surface area (Å²) in [6, 6.07) is 1.39. The van der Waals surface area contributed by atoms with Gasteiger partial charge in [-0.15, -0.1) is 0 Å². The lowest BCUT2D eigenvalue weighted by Crippen LogP contribution is -2.28. The molecular weight excluding hydrogens is 220 g/mol. The molecule has 2 heterocycles. The molecule has 90 valence electrons. The van der Waals surface area contributed by atoms with Gasteiger partial charge in [-0.2, -0.15) is 5.10 Å². The SMILES string of the molecule is CCOC(=O)C(C)Nc1nccn2nccc12. The number of aromatic nitrogens is 3. The molecule has 6 heteroatoms. The summed E-state index contributed by atoms with van der Waals surface area (Å²) in [7, 11) is 0. The average Bonchev–Trinajstić information content (AvgIpc) is 2.78. The molecule has 1 atom stereocenters. The Hall–Kier alpha value is -2.11. The Morgan fingerprint density at radius 2 is 2.41 bits per heavy atom. The van der Waals surface area contributed by atoms with Gasteiger partial charge in [-0.25, -0.2) is 14.3 Å². The Balaban J connectivity index is 2.18. The van der Waals surface area contributed by atoms with Gasteiger partial charge in [0.25, 0.3) is 0 Å². The molecule has 17 heavy (non-hydrogen) atoms. The number of esters is 1.